The number of hydrogen-bond donors (Lipinski definition) is 2. The third-order valence-electron chi connectivity index (χ3n) is 4.22. The van der Waals surface area contributed by atoms with Gasteiger partial charge in [-0.05, 0) is 36.6 Å². The number of aryl methyl sites for hydroxylation is 1. The summed E-state index contributed by atoms with van der Waals surface area (Å²) in [5.74, 6) is -0.891. The maximum Gasteiger partial charge on any atom is 0.337 e. The molecule has 0 spiro atoms. The Morgan fingerprint density at radius 1 is 0.917 bits per heavy atom. The van der Waals surface area contributed by atoms with Crippen molar-refractivity contribution < 1.29 is 9.90 Å². The summed E-state index contributed by atoms with van der Waals surface area (Å²) in [6.07, 6.45) is 8.30. The fourth-order valence-electron chi connectivity index (χ4n) is 2.90. The summed E-state index contributed by atoms with van der Waals surface area (Å²) in [4.78, 5) is 11.6. The van der Waals surface area contributed by atoms with Gasteiger partial charge < -0.3 is 10.4 Å². The van der Waals surface area contributed by atoms with Gasteiger partial charge in [0.15, 0.2) is 0 Å². The van der Waals surface area contributed by atoms with Crippen molar-refractivity contribution in [3.8, 4) is 0 Å². The molecule has 0 radical (unpaired) electrons. The molecule has 2 aromatic carbocycles. The largest absolute Gasteiger partial charge is 0.478 e. The topological polar surface area (TPSA) is 49.3 Å². The SMILES string of the molecule is CCCCCCCCc1cccc(C(=O)O)c1Nc1ccccc1. The van der Waals surface area contributed by atoms with E-state index in [1.807, 2.05) is 42.5 Å². The van der Waals surface area contributed by atoms with Crippen LogP contribution in [0.5, 0.6) is 0 Å². The van der Waals surface area contributed by atoms with Gasteiger partial charge in [0.2, 0.25) is 0 Å². The van der Waals surface area contributed by atoms with E-state index in [2.05, 4.69) is 12.2 Å². The molecule has 2 aromatic rings. The molecule has 0 atom stereocenters. The lowest BCUT2D eigenvalue weighted by molar-refractivity contribution is 0.0698. The molecule has 2 N–H and O–H groups in total. The molecule has 0 saturated heterocycles. The lowest BCUT2D eigenvalue weighted by Gasteiger charge is -2.15. The zero-order valence-electron chi connectivity index (χ0n) is 14.4. The van der Waals surface area contributed by atoms with Crippen LogP contribution in [-0.2, 0) is 6.42 Å². The highest BCUT2D eigenvalue weighted by molar-refractivity contribution is 5.96. The van der Waals surface area contributed by atoms with Crippen molar-refractivity contribution in [2.45, 2.75) is 51.9 Å². The number of rotatable bonds is 10. The van der Waals surface area contributed by atoms with E-state index < -0.39 is 5.97 Å². The molecule has 2 rings (SSSR count). The molecule has 0 aliphatic carbocycles. The summed E-state index contributed by atoms with van der Waals surface area (Å²) in [6, 6.07) is 15.3. The average molecular weight is 325 g/mol. The van der Waals surface area contributed by atoms with Gasteiger partial charge in [0, 0.05) is 5.69 Å². The molecule has 0 aliphatic rings. The summed E-state index contributed by atoms with van der Waals surface area (Å²) in [5, 5.41) is 12.8. The van der Waals surface area contributed by atoms with Gasteiger partial charge in [-0.15, -0.1) is 0 Å². The summed E-state index contributed by atoms with van der Waals surface area (Å²) >= 11 is 0. The lowest BCUT2D eigenvalue weighted by Crippen LogP contribution is -2.06. The second-order valence-corrected chi connectivity index (χ2v) is 6.15. The van der Waals surface area contributed by atoms with Gasteiger partial charge >= 0.3 is 5.97 Å². The molecule has 24 heavy (non-hydrogen) atoms. The van der Waals surface area contributed by atoms with E-state index in [1.165, 1.54) is 32.1 Å². The van der Waals surface area contributed by atoms with E-state index >= 15 is 0 Å². The Hall–Kier alpha value is -2.29. The van der Waals surface area contributed by atoms with Crippen molar-refractivity contribution in [2.75, 3.05) is 5.32 Å². The summed E-state index contributed by atoms with van der Waals surface area (Å²) in [5.41, 5.74) is 3.05. The second kappa shape index (κ2) is 9.76. The minimum Gasteiger partial charge on any atom is -0.478 e. The van der Waals surface area contributed by atoms with Crippen LogP contribution in [0.25, 0.3) is 0 Å². The van der Waals surface area contributed by atoms with Crippen molar-refractivity contribution >= 4 is 17.3 Å². The standard InChI is InChI=1S/C21H27NO2/c1-2-3-4-5-6-8-12-17-13-11-16-19(21(23)24)20(17)22-18-14-9-7-10-15-18/h7,9-11,13-16,22H,2-6,8,12H2,1H3,(H,23,24). The number of hydrogen-bond acceptors (Lipinski definition) is 2. The second-order valence-electron chi connectivity index (χ2n) is 6.15. The van der Waals surface area contributed by atoms with Crippen molar-refractivity contribution in [3.05, 3.63) is 59.7 Å². The van der Waals surface area contributed by atoms with Gasteiger partial charge in [0.1, 0.15) is 0 Å². The smallest absolute Gasteiger partial charge is 0.337 e. The number of carboxylic acid groups (broad SMARTS) is 1. The fraction of sp³-hybridized carbons (Fsp3) is 0.381. The normalized spacial score (nSPS) is 10.5. The molecule has 3 heteroatoms. The highest BCUT2D eigenvalue weighted by Crippen LogP contribution is 2.27. The molecule has 0 aliphatic heterocycles. The molecule has 0 unspecified atom stereocenters. The molecule has 0 aromatic heterocycles. The molecule has 0 fully saturated rings. The Balaban J connectivity index is 2.09. The minimum absolute atomic E-state index is 0.335. The van der Waals surface area contributed by atoms with Gasteiger partial charge in [-0.1, -0.05) is 69.4 Å². The number of unbranched alkanes of at least 4 members (excludes halogenated alkanes) is 5. The van der Waals surface area contributed by atoms with E-state index in [0.717, 1.165) is 29.8 Å². The molecule has 0 saturated carbocycles. The Morgan fingerprint density at radius 2 is 1.62 bits per heavy atom. The van der Waals surface area contributed by atoms with Crippen LogP contribution in [0.2, 0.25) is 0 Å². The summed E-state index contributed by atoms with van der Waals surface area (Å²) in [7, 11) is 0. The van der Waals surface area contributed by atoms with Gasteiger partial charge in [-0.25, -0.2) is 4.79 Å². The van der Waals surface area contributed by atoms with Crippen LogP contribution in [0.3, 0.4) is 0 Å². The zero-order chi connectivity index (χ0) is 17.2. The van der Waals surface area contributed by atoms with Crippen LogP contribution in [0, 0.1) is 0 Å². The highest BCUT2D eigenvalue weighted by Gasteiger charge is 2.14. The Kier molecular flexibility index (Phi) is 7.34. The van der Waals surface area contributed by atoms with E-state index in [0.29, 0.717) is 5.56 Å². The number of nitrogens with one attached hydrogen (secondary N) is 1. The summed E-state index contributed by atoms with van der Waals surface area (Å²) < 4.78 is 0. The molecule has 0 amide bonds. The van der Waals surface area contributed by atoms with Crippen molar-refractivity contribution in [1.29, 1.82) is 0 Å². The molecule has 3 nitrogen and oxygen atoms in total. The monoisotopic (exact) mass is 325 g/mol. The highest BCUT2D eigenvalue weighted by atomic mass is 16.4. The van der Waals surface area contributed by atoms with E-state index in [-0.39, 0.29) is 0 Å². The Morgan fingerprint density at radius 3 is 2.33 bits per heavy atom. The van der Waals surface area contributed by atoms with E-state index in [9.17, 15) is 9.90 Å². The first-order valence-corrected chi connectivity index (χ1v) is 8.89. The molecule has 128 valence electrons. The third kappa shape index (κ3) is 5.41. The first-order valence-electron chi connectivity index (χ1n) is 8.89. The predicted molar refractivity (Wildman–Crippen MR) is 100 cm³/mol. The average Bonchev–Trinajstić information content (AvgIpc) is 2.59. The van der Waals surface area contributed by atoms with Crippen LogP contribution >= 0.6 is 0 Å². The van der Waals surface area contributed by atoms with Crippen LogP contribution in [0.4, 0.5) is 11.4 Å². The zero-order valence-corrected chi connectivity index (χ0v) is 14.4. The van der Waals surface area contributed by atoms with Gasteiger partial charge in [-0.2, -0.15) is 0 Å². The third-order valence-corrected chi connectivity index (χ3v) is 4.22. The Labute approximate surface area is 144 Å². The van der Waals surface area contributed by atoms with Gasteiger partial charge in [0.25, 0.3) is 0 Å². The molecular weight excluding hydrogens is 298 g/mol. The first-order chi connectivity index (χ1) is 11.7. The molecule has 0 heterocycles. The minimum atomic E-state index is -0.891. The first kappa shape index (κ1) is 18.1. The Bertz CT molecular complexity index is 638. The van der Waals surface area contributed by atoms with Crippen LogP contribution < -0.4 is 5.32 Å². The number of aromatic carboxylic acids is 1. The van der Waals surface area contributed by atoms with Crippen LogP contribution in [-0.4, -0.2) is 11.1 Å². The van der Waals surface area contributed by atoms with Crippen molar-refractivity contribution in [2.24, 2.45) is 0 Å². The lowest BCUT2D eigenvalue weighted by atomic mass is 10.00. The maximum absolute atomic E-state index is 11.6. The molecule has 0 bridgehead atoms. The number of benzene rings is 2. The van der Waals surface area contributed by atoms with Crippen molar-refractivity contribution in [1.82, 2.24) is 0 Å². The summed E-state index contributed by atoms with van der Waals surface area (Å²) in [6.45, 7) is 2.22. The number of para-hydroxylation sites is 2. The van der Waals surface area contributed by atoms with Gasteiger partial charge in [-0.3, -0.25) is 0 Å². The number of carboxylic acids is 1. The van der Waals surface area contributed by atoms with Gasteiger partial charge in [0.05, 0.1) is 11.3 Å². The number of carbonyl (C=O) groups is 1. The predicted octanol–water partition coefficient (Wildman–Crippen LogP) is 6.03. The molecular formula is C21H27NO2. The number of anilines is 2. The van der Waals surface area contributed by atoms with Crippen molar-refractivity contribution in [3.63, 3.8) is 0 Å². The quantitative estimate of drug-likeness (QED) is 0.524. The maximum atomic E-state index is 11.6. The van der Waals surface area contributed by atoms with E-state index in [1.54, 1.807) is 6.07 Å². The van der Waals surface area contributed by atoms with E-state index in [4.69, 9.17) is 0 Å². The van der Waals surface area contributed by atoms with Crippen LogP contribution in [0.1, 0.15) is 61.4 Å². The fourth-order valence-corrected chi connectivity index (χ4v) is 2.90. The van der Waals surface area contributed by atoms with Crippen LogP contribution in [0.15, 0.2) is 48.5 Å².